The summed E-state index contributed by atoms with van der Waals surface area (Å²) in [4.78, 5) is 12.9. The number of Topliss-reactive ketones (excluding diaryl/α,β-unsaturated/α-hetero) is 1. The van der Waals surface area contributed by atoms with Crippen LogP contribution >= 0.6 is 34.8 Å². The van der Waals surface area contributed by atoms with Crippen LogP contribution in [0.4, 0.5) is 0 Å². The Kier molecular flexibility index (Phi) is 5.94. The van der Waals surface area contributed by atoms with Crippen molar-refractivity contribution in [2.45, 2.75) is 6.10 Å². The summed E-state index contributed by atoms with van der Waals surface area (Å²) in [5, 5.41) is 0.592. The second kappa shape index (κ2) is 8.17. The van der Waals surface area contributed by atoms with Crippen molar-refractivity contribution in [3.63, 3.8) is 0 Å². The van der Waals surface area contributed by atoms with Crippen molar-refractivity contribution in [1.82, 2.24) is 0 Å². The lowest BCUT2D eigenvalue weighted by atomic mass is 10.0. The van der Waals surface area contributed by atoms with Crippen LogP contribution in [0, 0.1) is 0 Å². The summed E-state index contributed by atoms with van der Waals surface area (Å²) >= 11 is 17.3. The fourth-order valence-corrected chi connectivity index (χ4v) is 2.85. The van der Waals surface area contributed by atoms with Gasteiger partial charge in [0.1, 0.15) is 36.0 Å². The predicted molar refractivity (Wildman–Crippen MR) is 98.0 cm³/mol. The molecule has 1 heterocycles. The number of rotatable bonds is 7. The van der Waals surface area contributed by atoms with E-state index in [0.29, 0.717) is 46.2 Å². The first-order chi connectivity index (χ1) is 12.1. The number of fused-ring (bicyclic) bond motifs is 1. The highest BCUT2D eigenvalue weighted by Crippen LogP contribution is 2.44. The van der Waals surface area contributed by atoms with Crippen LogP contribution in [-0.4, -0.2) is 30.8 Å². The van der Waals surface area contributed by atoms with Crippen molar-refractivity contribution in [2.75, 3.05) is 25.0 Å². The Bertz CT molecular complexity index is 762. The molecule has 1 aliphatic rings. The molecule has 3 rings (SSSR count). The Morgan fingerprint density at radius 2 is 1.68 bits per heavy atom. The lowest BCUT2D eigenvalue weighted by Crippen LogP contribution is -2.11. The molecule has 7 heteroatoms. The summed E-state index contributed by atoms with van der Waals surface area (Å²) in [6.45, 7) is 0.607. The van der Waals surface area contributed by atoms with Crippen LogP contribution in [0.3, 0.4) is 0 Å². The minimum Gasteiger partial charge on any atom is -0.492 e. The normalized spacial score (nSPS) is 15.6. The van der Waals surface area contributed by atoms with Gasteiger partial charge in [-0.1, -0.05) is 23.7 Å². The highest BCUT2D eigenvalue weighted by Gasteiger charge is 2.37. The summed E-state index contributed by atoms with van der Waals surface area (Å²) in [6, 6.07) is 10.3. The molecule has 4 nitrogen and oxygen atoms in total. The van der Waals surface area contributed by atoms with Crippen LogP contribution in [0.2, 0.25) is 5.02 Å². The van der Waals surface area contributed by atoms with Crippen molar-refractivity contribution in [2.24, 2.45) is 0 Å². The Morgan fingerprint density at radius 3 is 2.36 bits per heavy atom. The zero-order valence-electron chi connectivity index (χ0n) is 13.1. The molecule has 2 aromatic carbocycles. The molecule has 0 aromatic heterocycles. The lowest BCUT2D eigenvalue weighted by molar-refractivity contribution is 0.0856. The van der Waals surface area contributed by atoms with E-state index in [9.17, 15) is 4.79 Å². The first kappa shape index (κ1) is 18.2. The van der Waals surface area contributed by atoms with E-state index in [1.807, 2.05) is 0 Å². The fourth-order valence-electron chi connectivity index (χ4n) is 2.57. The molecule has 0 amide bonds. The number of alkyl halides is 2. The van der Waals surface area contributed by atoms with Gasteiger partial charge < -0.3 is 14.2 Å². The smallest absolute Gasteiger partial charge is 0.215 e. The van der Waals surface area contributed by atoms with Crippen molar-refractivity contribution < 1.29 is 19.0 Å². The maximum Gasteiger partial charge on any atom is 0.215 e. The van der Waals surface area contributed by atoms with E-state index in [2.05, 4.69) is 0 Å². The minimum atomic E-state index is -0.742. The van der Waals surface area contributed by atoms with Crippen LogP contribution in [0.15, 0.2) is 36.4 Å². The zero-order valence-corrected chi connectivity index (χ0v) is 15.4. The number of hydrogen-bond acceptors (Lipinski definition) is 4. The summed E-state index contributed by atoms with van der Waals surface area (Å²) in [6.07, 6.45) is -0.742. The van der Waals surface area contributed by atoms with Crippen LogP contribution in [0.5, 0.6) is 17.2 Å². The van der Waals surface area contributed by atoms with E-state index in [4.69, 9.17) is 49.0 Å². The highest BCUT2D eigenvalue weighted by molar-refractivity contribution is 6.30. The molecule has 0 bridgehead atoms. The van der Waals surface area contributed by atoms with Gasteiger partial charge in [-0.25, -0.2) is 0 Å². The van der Waals surface area contributed by atoms with Gasteiger partial charge in [-0.2, -0.15) is 0 Å². The van der Waals surface area contributed by atoms with Gasteiger partial charge in [0.05, 0.1) is 11.8 Å². The monoisotopic (exact) mass is 400 g/mol. The van der Waals surface area contributed by atoms with Crippen LogP contribution in [0.1, 0.15) is 22.0 Å². The summed E-state index contributed by atoms with van der Waals surface area (Å²) in [5.41, 5.74) is 1.11. The molecule has 1 aliphatic heterocycles. The molecule has 0 aliphatic carbocycles. The number of carbonyl (C=O) groups excluding carboxylic acids is 1. The second-order valence-electron chi connectivity index (χ2n) is 5.28. The molecular weight excluding hydrogens is 387 g/mol. The zero-order chi connectivity index (χ0) is 17.8. The summed E-state index contributed by atoms with van der Waals surface area (Å²) < 4.78 is 17.0. The maximum absolute atomic E-state index is 12.9. The number of carbonyl (C=O) groups is 1. The number of ether oxygens (including phenoxy) is 3. The molecule has 1 unspecified atom stereocenters. The van der Waals surface area contributed by atoms with Gasteiger partial charge >= 0.3 is 0 Å². The Hall–Kier alpha value is -1.62. The Morgan fingerprint density at radius 1 is 1.00 bits per heavy atom. The Balaban J connectivity index is 1.95. The largest absolute Gasteiger partial charge is 0.492 e. The van der Waals surface area contributed by atoms with E-state index in [0.717, 1.165) is 5.56 Å². The molecule has 2 aromatic rings. The van der Waals surface area contributed by atoms with Gasteiger partial charge in [0.15, 0.2) is 6.10 Å². The highest BCUT2D eigenvalue weighted by atomic mass is 35.5. The third kappa shape index (κ3) is 3.97. The third-order valence-electron chi connectivity index (χ3n) is 3.62. The van der Waals surface area contributed by atoms with Gasteiger partial charge in [-0.15, -0.1) is 23.2 Å². The maximum atomic E-state index is 12.9. The Labute approximate surface area is 160 Å². The van der Waals surface area contributed by atoms with Crippen molar-refractivity contribution in [3.05, 3.63) is 52.5 Å². The molecule has 0 radical (unpaired) electrons. The number of ketones is 1. The number of hydrogen-bond donors (Lipinski definition) is 0. The van der Waals surface area contributed by atoms with Crippen LogP contribution < -0.4 is 14.2 Å². The van der Waals surface area contributed by atoms with Crippen molar-refractivity contribution in [3.8, 4) is 17.2 Å². The van der Waals surface area contributed by atoms with Crippen LogP contribution in [-0.2, 0) is 0 Å². The number of halogens is 3. The third-order valence-corrected chi connectivity index (χ3v) is 4.18. The molecular formula is C18H15Cl3O4. The predicted octanol–water partition coefficient (Wildman–Crippen LogP) is 4.89. The van der Waals surface area contributed by atoms with Crippen molar-refractivity contribution in [1.29, 1.82) is 0 Å². The standard InChI is InChI=1S/C18H15Cl3O4/c19-5-7-23-13-9-14(24-8-6-20)16-15(10-13)25-18(17(16)22)11-1-3-12(21)4-2-11/h1-4,9-10,18H,5-8H2. The van der Waals surface area contributed by atoms with Crippen LogP contribution in [0.25, 0.3) is 0 Å². The minimum absolute atomic E-state index is 0.175. The summed E-state index contributed by atoms with van der Waals surface area (Å²) in [7, 11) is 0. The van der Waals surface area contributed by atoms with E-state index in [1.54, 1.807) is 36.4 Å². The first-order valence-electron chi connectivity index (χ1n) is 7.66. The van der Waals surface area contributed by atoms with Gasteiger partial charge in [-0.05, 0) is 12.1 Å². The van der Waals surface area contributed by atoms with Gasteiger partial charge in [0.2, 0.25) is 5.78 Å². The molecule has 1 atom stereocenters. The topological polar surface area (TPSA) is 44.8 Å². The molecule has 0 N–H and O–H groups in total. The fraction of sp³-hybridized carbons (Fsp3) is 0.278. The molecule has 132 valence electrons. The van der Waals surface area contributed by atoms with Gasteiger partial charge in [0, 0.05) is 22.7 Å². The van der Waals surface area contributed by atoms with E-state index < -0.39 is 6.10 Å². The van der Waals surface area contributed by atoms with Crippen molar-refractivity contribution >= 4 is 40.6 Å². The average molecular weight is 402 g/mol. The average Bonchev–Trinajstić information content (AvgIpc) is 2.95. The summed E-state index contributed by atoms with van der Waals surface area (Å²) in [5.74, 6) is 1.81. The van der Waals surface area contributed by atoms with E-state index in [1.165, 1.54) is 0 Å². The quantitative estimate of drug-likeness (QED) is 0.620. The number of benzene rings is 2. The SMILES string of the molecule is O=C1c2c(OCCCl)cc(OCCCl)cc2OC1c1ccc(Cl)cc1. The van der Waals surface area contributed by atoms with E-state index in [-0.39, 0.29) is 12.4 Å². The molecule has 25 heavy (non-hydrogen) atoms. The second-order valence-corrected chi connectivity index (χ2v) is 6.48. The molecule has 0 fully saturated rings. The van der Waals surface area contributed by atoms with Gasteiger partial charge in [0.25, 0.3) is 0 Å². The molecule has 0 spiro atoms. The van der Waals surface area contributed by atoms with Gasteiger partial charge in [-0.3, -0.25) is 4.79 Å². The molecule has 0 saturated heterocycles. The van der Waals surface area contributed by atoms with E-state index >= 15 is 0 Å². The lowest BCUT2D eigenvalue weighted by Gasteiger charge is -2.11. The first-order valence-corrected chi connectivity index (χ1v) is 9.10. The molecule has 0 saturated carbocycles.